The number of carbonyl (C=O) groups excluding carboxylic acids is 1. The number of carbonyl (C=O) groups is 1. The summed E-state index contributed by atoms with van der Waals surface area (Å²) < 4.78 is 0. The molecule has 0 saturated carbocycles. The van der Waals surface area contributed by atoms with E-state index in [1.807, 2.05) is 60.8 Å². The number of benzene rings is 2. The van der Waals surface area contributed by atoms with Crippen LogP contribution in [0.4, 0.5) is 5.69 Å². The summed E-state index contributed by atoms with van der Waals surface area (Å²) in [5, 5.41) is 5.54. The van der Waals surface area contributed by atoms with Gasteiger partial charge in [-0.15, -0.1) is 0 Å². The third kappa shape index (κ3) is 5.67. The molecule has 1 aliphatic rings. The number of thiazole rings is 1. The Kier molecular flexibility index (Phi) is 7.46. The maximum Gasteiger partial charge on any atom is 0.261 e. The van der Waals surface area contributed by atoms with Gasteiger partial charge in [-0.3, -0.25) is 9.69 Å². The van der Waals surface area contributed by atoms with Crippen molar-refractivity contribution in [1.29, 1.82) is 0 Å². The summed E-state index contributed by atoms with van der Waals surface area (Å²) in [5.74, 6) is -0.281. The molecular formula is C28H27N5OS2. The smallest absolute Gasteiger partial charge is 0.261 e. The number of fused-ring (bicyclic) bond motifs is 1. The van der Waals surface area contributed by atoms with Crippen molar-refractivity contribution in [1.82, 2.24) is 14.9 Å². The lowest BCUT2D eigenvalue weighted by atomic mass is 10.2. The summed E-state index contributed by atoms with van der Waals surface area (Å²) in [6.07, 6.45) is 4.48. The van der Waals surface area contributed by atoms with Gasteiger partial charge in [-0.25, -0.2) is 9.97 Å². The fourth-order valence-corrected chi connectivity index (χ4v) is 5.62. The van der Waals surface area contributed by atoms with E-state index < -0.39 is 0 Å². The maximum atomic E-state index is 12.9. The van der Waals surface area contributed by atoms with Crippen molar-refractivity contribution in [2.45, 2.75) is 19.4 Å². The van der Waals surface area contributed by atoms with Crippen molar-refractivity contribution < 1.29 is 4.79 Å². The van der Waals surface area contributed by atoms with Crippen LogP contribution in [0, 0.1) is 0 Å². The van der Waals surface area contributed by atoms with Crippen LogP contribution >= 0.6 is 23.1 Å². The van der Waals surface area contributed by atoms with Gasteiger partial charge >= 0.3 is 0 Å². The quantitative estimate of drug-likeness (QED) is 0.277. The first-order valence-electron chi connectivity index (χ1n) is 11.8. The number of aromatic nitrogens is 2. The van der Waals surface area contributed by atoms with Crippen LogP contribution in [0.1, 0.15) is 24.0 Å². The molecule has 0 bridgehead atoms. The highest BCUT2D eigenvalue weighted by Gasteiger charge is 2.16. The standard InChI is InChI=1S/C28H27N5OS2/c1-19(35-18-23(29)21-9-3-2-4-10-21)26(34)31-24-12-6-5-11-22(24)27-32-25-15-20(16-30-28(25)36-27)17-33-13-7-8-14-33/h2-6,9-12,15-16,18H,1,7-8,13-14,17,29H2,(H,31,34)/b23-18-. The van der Waals surface area contributed by atoms with E-state index >= 15 is 0 Å². The normalized spacial score (nSPS) is 14.3. The number of hydrogen-bond acceptors (Lipinski definition) is 7. The Balaban J connectivity index is 1.30. The molecule has 4 aromatic rings. The van der Waals surface area contributed by atoms with Crippen molar-refractivity contribution in [3.63, 3.8) is 0 Å². The van der Waals surface area contributed by atoms with Gasteiger partial charge < -0.3 is 11.1 Å². The monoisotopic (exact) mass is 513 g/mol. The zero-order chi connectivity index (χ0) is 24.9. The second-order valence-corrected chi connectivity index (χ2v) is 10.6. The summed E-state index contributed by atoms with van der Waals surface area (Å²) in [7, 11) is 0. The summed E-state index contributed by atoms with van der Waals surface area (Å²) in [6.45, 7) is 7.13. The number of likely N-dealkylation sites (tertiary alicyclic amines) is 1. The van der Waals surface area contributed by atoms with Crippen LogP contribution in [0.2, 0.25) is 0 Å². The van der Waals surface area contributed by atoms with Crippen LogP contribution < -0.4 is 11.1 Å². The molecule has 36 heavy (non-hydrogen) atoms. The van der Waals surface area contributed by atoms with Gasteiger partial charge in [0.15, 0.2) is 0 Å². The van der Waals surface area contributed by atoms with E-state index in [0.29, 0.717) is 16.3 Å². The molecule has 0 radical (unpaired) electrons. The molecule has 2 aromatic carbocycles. The molecule has 182 valence electrons. The van der Waals surface area contributed by atoms with Gasteiger partial charge in [0.1, 0.15) is 15.4 Å². The van der Waals surface area contributed by atoms with Gasteiger partial charge in [-0.1, -0.05) is 72.1 Å². The van der Waals surface area contributed by atoms with E-state index in [1.165, 1.54) is 41.5 Å². The molecule has 5 rings (SSSR count). The number of nitrogens with two attached hydrogens (primary N) is 1. The number of anilines is 1. The molecule has 1 aliphatic heterocycles. The summed E-state index contributed by atoms with van der Waals surface area (Å²) in [4.78, 5) is 26.1. The Morgan fingerprint density at radius 3 is 2.69 bits per heavy atom. The SMILES string of the molecule is C=C(S/C=C(\N)c1ccccc1)C(=O)Nc1ccccc1-c1nc2cc(CN3CCCC3)cnc2s1. The highest BCUT2D eigenvalue weighted by atomic mass is 32.2. The maximum absolute atomic E-state index is 12.9. The highest BCUT2D eigenvalue weighted by molar-refractivity contribution is 8.06. The lowest BCUT2D eigenvalue weighted by Crippen LogP contribution is -2.18. The molecule has 8 heteroatoms. The number of rotatable bonds is 8. The predicted molar refractivity (Wildman–Crippen MR) is 151 cm³/mol. The highest BCUT2D eigenvalue weighted by Crippen LogP contribution is 2.34. The number of pyridine rings is 1. The van der Waals surface area contributed by atoms with Crippen molar-refractivity contribution in [3.8, 4) is 10.6 Å². The number of para-hydroxylation sites is 1. The Morgan fingerprint density at radius 2 is 1.89 bits per heavy atom. The average Bonchev–Trinajstić information content (AvgIpc) is 3.57. The fraction of sp³-hybridized carbons (Fsp3) is 0.179. The molecule has 6 nitrogen and oxygen atoms in total. The molecule has 3 N–H and O–H groups in total. The fourth-order valence-electron chi connectivity index (χ4n) is 4.12. The third-order valence-corrected chi connectivity index (χ3v) is 7.86. The first-order chi connectivity index (χ1) is 17.6. The predicted octanol–water partition coefficient (Wildman–Crippen LogP) is 6.10. The Labute approximate surface area is 219 Å². The van der Waals surface area contributed by atoms with Crippen molar-refractivity contribution >= 4 is 50.7 Å². The molecule has 0 spiro atoms. The Hall–Kier alpha value is -3.46. The van der Waals surface area contributed by atoms with Crippen LogP contribution in [0.5, 0.6) is 0 Å². The van der Waals surface area contributed by atoms with Crippen molar-refractivity contribution in [3.05, 3.63) is 94.9 Å². The van der Waals surface area contributed by atoms with E-state index in [4.69, 9.17) is 10.7 Å². The number of nitrogens with zero attached hydrogens (tertiary/aromatic N) is 3. The second kappa shape index (κ2) is 11.1. The molecule has 2 aromatic heterocycles. The van der Waals surface area contributed by atoms with Gasteiger partial charge in [0, 0.05) is 24.0 Å². The van der Waals surface area contributed by atoms with E-state index in [0.717, 1.165) is 46.1 Å². The van der Waals surface area contributed by atoms with Crippen LogP contribution in [0.25, 0.3) is 26.6 Å². The van der Waals surface area contributed by atoms with E-state index in [1.54, 1.807) is 5.41 Å². The lowest BCUT2D eigenvalue weighted by Gasteiger charge is -2.13. The minimum absolute atomic E-state index is 0.281. The van der Waals surface area contributed by atoms with Gasteiger partial charge in [0.05, 0.1) is 10.6 Å². The lowest BCUT2D eigenvalue weighted by molar-refractivity contribution is -0.112. The summed E-state index contributed by atoms with van der Waals surface area (Å²) in [5.41, 5.74) is 11.2. The molecule has 0 aliphatic carbocycles. The number of hydrogen-bond donors (Lipinski definition) is 2. The molecule has 0 atom stereocenters. The van der Waals surface area contributed by atoms with E-state index in [2.05, 4.69) is 27.8 Å². The number of nitrogens with one attached hydrogen (secondary N) is 1. The second-order valence-electron chi connectivity index (χ2n) is 8.65. The van der Waals surface area contributed by atoms with Gasteiger partial charge in [-0.05, 0) is 60.7 Å². The molecule has 3 heterocycles. The van der Waals surface area contributed by atoms with E-state index in [-0.39, 0.29) is 5.91 Å². The van der Waals surface area contributed by atoms with Gasteiger partial charge in [-0.2, -0.15) is 0 Å². The van der Waals surface area contributed by atoms with Gasteiger partial charge in [0.2, 0.25) is 0 Å². The van der Waals surface area contributed by atoms with Crippen molar-refractivity contribution in [2.24, 2.45) is 5.73 Å². The van der Waals surface area contributed by atoms with Gasteiger partial charge in [0.25, 0.3) is 5.91 Å². The number of thioether (sulfide) groups is 1. The average molecular weight is 514 g/mol. The molecule has 1 fully saturated rings. The first kappa shape index (κ1) is 24.2. The minimum atomic E-state index is -0.281. The minimum Gasteiger partial charge on any atom is -0.398 e. The van der Waals surface area contributed by atoms with Crippen LogP contribution in [0.15, 0.2) is 83.8 Å². The summed E-state index contributed by atoms with van der Waals surface area (Å²) >= 11 is 2.73. The zero-order valence-corrected chi connectivity index (χ0v) is 21.4. The Bertz CT molecular complexity index is 1420. The summed E-state index contributed by atoms with van der Waals surface area (Å²) in [6, 6.07) is 19.4. The zero-order valence-electron chi connectivity index (χ0n) is 19.8. The molecule has 1 amide bonds. The number of amides is 1. The topological polar surface area (TPSA) is 84.1 Å². The van der Waals surface area contributed by atoms with Crippen LogP contribution in [-0.4, -0.2) is 33.9 Å². The third-order valence-electron chi connectivity index (χ3n) is 6.00. The largest absolute Gasteiger partial charge is 0.398 e. The molecule has 0 unspecified atom stereocenters. The first-order valence-corrected chi connectivity index (χ1v) is 13.5. The van der Waals surface area contributed by atoms with Crippen LogP contribution in [0.3, 0.4) is 0 Å². The van der Waals surface area contributed by atoms with Crippen molar-refractivity contribution in [2.75, 3.05) is 18.4 Å². The van der Waals surface area contributed by atoms with E-state index in [9.17, 15) is 4.79 Å². The molecular weight excluding hydrogens is 486 g/mol. The molecule has 1 saturated heterocycles. The Morgan fingerprint density at radius 1 is 1.14 bits per heavy atom. The van der Waals surface area contributed by atoms with Crippen LogP contribution in [-0.2, 0) is 11.3 Å².